The predicted octanol–water partition coefficient (Wildman–Crippen LogP) is 5.53. The van der Waals surface area contributed by atoms with E-state index in [2.05, 4.69) is 55.4 Å². The number of allylic oxidation sites excluding steroid dienone is 2. The summed E-state index contributed by atoms with van der Waals surface area (Å²) in [6.45, 7) is 8.94. The van der Waals surface area contributed by atoms with Crippen molar-refractivity contribution in [1.29, 1.82) is 0 Å². The quantitative estimate of drug-likeness (QED) is 0.692. The molecule has 0 bridgehead atoms. The highest BCUT2D eigenvalue weighted by Gasteiger charge is 2.36. The molecule has 0 spiro atoms. The zero-order valence-corrected chi connectivity index (χ0v) is 16.5. The van der Waals surface area contributed by atoms with Gasteiger partial charge < -0.3 is 5.32 Å². The molecule has 2 atom stereocenters. The smallest absolute Gasteiger partial charge is 0.147 e. The molecule has 3 rings (SSSR count). The average molecular weight is 343 g/mol. The first-order valence-electron chi connectivity index (χ1n) is 9.90. The summed E-state index contributed by atoms with van der Waals surface area (Å²) in [5.74, 6) is 2.88. The zero-order valence-electron chi connectivity index (χ0n) is 16.5. The second-order valence-electron chi connectivity index (χ2n) is 8.75. The molecule has 0 radical (unpaired) electrons. The number of hydrogen-bond donors (Lipinski definition) is 2. The third-order valence-electron chi connectivity index (χ3n) is 5.96. The maximum absolute atomic E-state index is 5.26. The Balaban J connectivity index is 1.78. The van der Waals surface area contributed by atoms with Gasteiger partial charge in [-0.1, -0.05) is 33.3 Å². The summed E-state index contributed by atoms with van der Waals surface area (Å²) < 4.78 is 0. The highest BCUT2D eigenvalue weighted by Crippen LogP contribution is 2.43. The first kappa shape index (κ1) is 18.2. The Morgan fingerprint density at radius 2 is 2.00 bits per heavy atom. The van der Waals surface area contributed by atoms with Crippen LogP contribution in [0.1, 0.15) is 77.8 Å². The fourth-order valence-electron chi connectivity index (χ4n) is 4.23. The van der Waals surface area contributed by atoms with E-state index >= 15 is 0 Å². The molecule has 2 aliphatic carbocycles. The SMILES string of the molecule is C/C=C(\N=C(C1CCC1)C1CCC(c2cc(NC)n[nH]2)C1)C(C)(C)C. The van der Waals surface area contributed by atoms with Gasteiger partial charge >= 0.3 is 0 Å². The molecular formula is C21H34N4. The monoisotopic (exact) mass is 342 g/mol. The largest absolute Gasteiger partial charge is 0.372 e. The van der Waals surface area contributed by atoms with Crippen LogP contribution in [0.4, 0.5) is 5.82 Å². The summed E-state index contributed by atoms with van der Waals surface area (Å²) in [4.78, 5) is 5.26. The van der Waals surface area contributed by atoms with E-state index in [1.807, 2.05) is 7.05 Å². The fraction of sp³-hybridized carbons (Fsp3) is 0.714. The van der Waals surface area contributed by atoms with E-state index in [9.17, 15) is 0 Å². The summed E-state index contributed by atoms with van der Waals surface area (Å²) in [6, 6.07) is 2.17. The topological polar surface area (TPSA) is 53.1 Å². The Morgan fingerprint density at radius 1 is 1.24 bits per heavy atom. The summed E-state index contributed by atoms with van der Waals surface area (Å²) in [5.41, 5.74) is 4.14. The van der Waals surface area contributed by atoms with Crippen LogP contribution in [0.25, 0.3) is 0 Å². The van der Waals surface area contributed by atoms with Gasteiger partial charge in [0.25, 0.3) is 0 Å². The summed E-state index contributed by atoms with van der Waals surface area (Å²) in [7, 11) is 1.92. The molecule has 2 aliphatic rings. The van der Waals surface area contributed by atoms with Gasteiger partial charge in [0.15, 0.2) is 0 Å². The summed E-state index contributed by atoms with van der Waals surface area (Å²) >= 11 is 0. The van der Waals surface area contributed by atoms with Gasteiger partial charge in [0.2, 0.25) is 0 Å². The van der Waals surface area contributed by atoms with E-state index < -0.39 is 0 Å². The van der Waals surface area contributed by atoms with Crippen LogP contribution in [0.3, 0.4) is 0 Å². The molecule has 4 nitrogen and oxygen atoms in total. The van der Waals surface area contributed by atoms with Gasteiger partial charge in [-0.3, -0.25) is 10.1 Å². The second-order valence-corrected chi connectivity index (χ2v) is 8.75. The van der Waals surface area contributed by atoms with E-state index in [1.54, 1.807) is 0 Å². The van der Waals surface area contributed by atoms with Gasteiger partial charge in [0.1, 0.15) is 5.82 Å². The van der Waals surface area contributed by atoms with Crippen LogP contribution >= 0.6 is 0 Å². The van der Waals surface area contributed by atoms with E-state index in [1.165, 1.54) is 55.6 Å². The first-order valence-corrected chi connectivity index (χ1v) is 9.90. The van der Waals surface area contributed by atoms with E-state index in [4.69, 9.17) is 4.99 Å². The van der Waals surface area contributed by atoms with Crippen molar-refractivity contribution >= 4 is 11.5 Å². The highest BCUT2D eigenvalue weighted by molar-refractivity contribution is 5.91. The van der Waals surface area contributed by atoms with Crippen molar-refractivity contribution in [3.05, 3.63) is 23.5 Å². The normalized spacial score (nSPS) is 26.0. The predicted molar refractivity (Wildman–Crippen MR) is 106 cm³/mol. The number of nitrogens with zero attached hydrogens (tertiary/aromatic N) is 2. The molecule has 1 aromatic heterocycles. The molecule has 0 aromatic carbocycles. The van der Waals surface area contributed by atoms with Crippen LogP contribution in [0.15, 0.2) is 22.8 Å². The lowest BCUT2D eigenvalue weighted by atomic mass is 9.76. The number of H-pyrrole nitrogens is 1. The number of aromatic amines is 1. The Bertz CT molecular complexity index is 643. The number of hydrogen-bond acceptors (Lipinski definition) is 3. The maximum Gasteiger partial charge on any atom is 0.147 e. The molecule has 1 heterocycles. The second kappa shape index (κ2) is 7.35. The molecule has 25 heavy (non-hydrogen) atoms. The van der Waals surface area contributed by atoms with Crippen LogP contribution in [-0.2, 0) is 0 Å². The van der Waals surface area contributed by atoms with Crippen molar-refractivity contribution in [3.8, 4) is 0 Å². The molecule has 2 N–H and O–H groups in total. The molecule has 0 saturated heterocycles. The number of aliphatic imine (C=N–C) groups is 1. The Morgan fingerprint density at radius 3 is 2.52 bits per heavy atom. The van der Waals surface area contributed by atoms with Gasteiger partial charge in [-0.2, -0.15) is 5.10 Å². The number of aromatic nitrogens is 2. The number of rotatable bonds is 5. The van der Waals surface area contributed by atoms with E-state index in [0.29, 0.717) is 11.8 Å². The van der Waals surface area contributed by atoms with Crippen molar-refractivity contribution in [3.63, 3.8) is 0 Å². The lowest BCUT2D eigenvalue weighted by molar-refractivity contribution is 0.394. The van der Waals surface area contributed by atoms with E-state index in [-0.39, 0.29) is 5.41 Å². The van der Waals surface area contributed by atoms with Crippen molar-refractivity contribution in [2.75, 3.05) is 12.4 Å². The van der Waals surface area contributed by atoms with Crippen LogP contribution in [-0.4, -0.2) is 23.0 Å². The first-order chi connectivity index (χ1) is 11.9. The standard InChI is InChI=1S/C21H34N4/c1-6-18(21(2,3)4)23-20(14-8-7-9-14)16-11-10-15(12-16)17-13-19(22-5)25-24-17/h6,13-16H,7-12H2,1-5H3,(H2,22,24,25)/b18-6-,23-20?. The third kappa shape index (κ3) is 3.99. The number of nitrogens with one attached hydrogen (secondary N) is 2. The summed E-state index contributed by atoms with van der Waals surface area (Å²) in [5, 5.41) is 10.7. The molecule has 4 heteroatoms. The van der Waals surface area contributed by atoms with Gasteiger partial charge in [-0.15, -0.1) is 0 Å². The minimum Gasteiger partial charge on any atom is -0.372 e. The van der Waals surface area contributed by atoms with Crippen LogP contribution in [0.5, 0.6) is 0 Å². The minimum absolute atomic E-state index is 0.118. The highest BCUT2D eigenvalue weighted by atomic mass is 15.2. The van der Waals surface area contributed by atoms with Crippen molar-refractivity contribution in [1.82, 2.24) is 10.2 Å². The van der Waals surface area contributed by atoms with Crippen molar-refractivity contribution in [2.24, 2.45) is 22.2 Å². The minimum atomic E-state index is 0.118. The van der Waals surface area contributed by atoms with Gasteiger partial charge in [0.05, 0.1) is 0 Å². The van der Waals surface area contributed by atoms with Gasteiger partial charge in [0, 0.05) is 41.5 Å². The molecule has 2 fully saturated rings. The molecule has 0 aliphatic heterocycles. The third-order valence-corrected chi connectivity index (χ3v) is 5.96. The van der Waals surface area contributed by atoms with E-state index in [0.717, 1.165) is 11.7 Å². The Labute approximate surface area is 152 Å². The van der Waals surface area contributed by atoms with Gasteiger partial charge in [-0.05, 0) is 50.9 Å². The lowest BCUT2D eigenvalue weighted by Crippen LogP contribution is -2.29. The molecule has 2 unspecified atom stereocenters. The average Bonchev–Trinajstić information content (AvgIpc) is 3.16. The van der Waals surface area contributed by atoms with Crippen molar-refractivity contribution < 1.29 is 0 Å². The molecule has 2 saturated carbocycles. The zero-order chi connectivity index (χ0) is 18.0. The lowest BCUT2D eigenvalue weighted by Gasteiger charge is -2.32. The number of anilines is 1. The fourth-order valence-corrected chi connectivity index (χ4v) is 4.23. The van der Waals surface area contributed by atoms with Crippen LogP contribution in [0.2, 0.25) is 0 Å². The summed E-state index contributed by atoms with van der Waals surface area (Å²) in [6.07, 6.45) is 9.94. The Kier molecular flexibility index (Phi) is 5.35. The molecule has 1 aromatic rings. The molecular weight excluding hydrogens is 308 g/mol. The Hall–Kier alpha value is -1.58. The van der Waals surface area contributed by atoms with Crippen LogP contribution in [0, 0.1) is 17.3 Å². The molecule has 0 amide bonds. The maximum atomic E-state index is 5.26. The van der Waals surface area contributed by atoms with Crippen LogP contribution < -0.4 is 5.32 Å². The van der Waals surface area contributed by atoms with Crippen molar-refractivity contribution in [2.45, 2.75) is 72.1 Å². The molecule has 138 valence electrons. The van der Waals surface area contributed by atoms with Gasteiger partial charge in [-0.25, -0.2) is 0 Å².